The number of hydrogen-bond donors (Lipinski definition) is 0. The zero-order chi connectivity index (χ0) is 30.8. The molecule has 0 radical (unpaired) electrons. The summed E-state index contributed by atoms with van der Waals surface area (Å²) in [4.78, 5) is 53.9. The molecule has 1 saturated heterocycles. The van der Waals surface area contributed by atoms with Gasteiger partial charge in [-0.2, -0.15) is 0 Å². The van der Waals surface area contributed by atoms with E-state index in [4.69, 9.17) is 27.9 Å². The first-order valence-corrected chi connectivity index (χ1v) is 15.7. The van der Waals surface area contributed by atoms with E-state index < -0.39 is 57.8 Å². The van der Waals surface area contributed by atoms with E-state index in [9.17, 15) is 19.2 Å². The zero-order valence-electron chi connectivity index (χ0n) is 23.1. The van der Waals surface area contributed by atoms with Gasteiger partial charge in [0.05, 0.1) is 11.8 Å². The van der Waals surface area contributed by atoms with Crippen LogP contribution >= 0.6 is 39.1 Å². The van der Waals surface area contributed by atoms with E-state index in [2.05, 4.69) is 15.9 Å². The van der Waals surface area contributed by atoms with Gasteiger partial charge in [0.1, 0.15) is 15.8 Å². The highest BCUT2D eigenvalue weighted by Crippen LogP contribution is 2.69. The molecule has 1 heterocycles. The van der Waals surface area contributed by atoms with Gasteiger partial charge in [-0.05, 0) is 39.9 Å². The minimum Gasteiger partial charge on any atom is -0.456 e. The molecule has 0 unspecified atom stereocenters. The zero-order valence-corrected chi connectivity index (χ0v) is 26.2. The Bertz CT molecular complexity index is 1720. The number of ether oxygens (including phenoxy) is 1. The molecular weight excluding hydrogens is 665 g/mol. The molecule has 0 aromatic heterocycles. The van der Waals surface area contributed by atoms with Crippen molar-refractivity contribution >= 4 is 62.7 Å². The SMILES string of the molecule is O=C(COC(=O)[C@H](Cc1ccccc1)N1C(=O)[C@@H]2[C@@H](C1=O)C1(Cl)c3ccccc3C2(Cl)c2ccccc21)c1ccc(Br)cc1. The van der Waals surface area contributed by atoms with Gasteiger partial charge < -0.3 is 4.74 Å². The molecule has 4 aliphatic rings. The van der Waals surface area contributed by atoms with Gasteiger partial charge in [-0.1, -0.05) is 107 Å². The van der Waals surface area contributed by atoms with E-state index >= 15 is 0 Å². The maximum absolute atomic E-state index is 14.5. The number of carbonyl (C=O) groups excluding carboxylic acids is 4. The summed E-state index contributed by atoms with van der Waals surface area (Å²) in [5.41, 5.74) is 3.74. The number of likely N-dealkylation sites (tertiary alicyclic amines) is 1. The summed E-state index contributed by atoms with van der Waals surface area (Å²) in [6.07, 6.45) is -0.00641. The van der Waals surface area contributed by atoms with Crippen LogP contribution in [-0.2, 0) is 35.3 Å². The van der Waals surface area contributed by atoms with E-state index in [-0.39, 0.29) is 6.42 Å². The smallest absolute Gasteiger partial charge is 0.330 e. The summed E-state index contributed by atoms with van der Waals surface area (Å²) in [7, 11) is 0. The Morgan fingerprint density at radius 2 is 1.18 bits per heavy atom. The molecule has 4 aromatic carbocycles. The predicted octanol–water partition coefficient (Wildman–Crippen LogP) is 6.38. The number of rotatable bonds is 7. The average molecular weight is 689 g/mol. The molecule has 1 aliphatic heterocycles. The number of esters is 1. The highest BCUT2D eigenvalue weighted by molar-refractivity contribution is 9.10. The third kappa shape index (κ3) is 4.13. The maximum Gasteiger partial charge on any atom is 0.330 e. The Morgan fingerprint density at radius 3 is 1.66 bits per heavy atom. The van der Waals surface area contributed by atoms with Crippen LogP contribution in [0.15, 0.2) is 108 Å². The summed E-state index contributed by atoms with van der Waals surface area (Å²) in [6, 6.07) is 29.0. The van der Waals surface area contributed by atoms with E-state index in [1.165, 1.54) is 0 Å². The quantitative estimate of drug-likeness (QED) is 0.0975. The summed E-state index contributed by atoms with van der Waals surface area (Å²) in [5, 5.41) is 0. The fourth-order valence-corrected chi connectivity index (χ4v) is 8.43. The standard InChI is InChI=1S/C35H24BrCl2NO5/c36-22-16-14-21(15-17-22)28(40)19-44-33(43)27(18-20-8-2-1-3-9-20)39-31(41)29-30(32(39)42)35(38)24-11-5-4-10-23(24)34(29,37)25-12-6-7-13-26(25)35/h1-17,27,29-30H,18-19H2/t27-,29-,30-,34?,35?/m0/s1. The molecular formula is C35H24BrCl2NO5. The van der Waals surface area contributed by atoms with Crippen LogP contribution in [-0.4, -0.2) is 41.1 Å². The number of imide groups is 1. The van der Waals surface area contributed by atoms with Crippen LogP contribution in [0.3, 0.4) is 0 Å². The van der Waals surface area contributed by atoms with Crippen LogP contribution in [0.5, 0.6) is 0 Å². The van der Waals surface area contributed by atoms with Gasteiger partial charge in [-0.3, -0.25) is 19.3 Å². The maximum atomic E-state index is 14.5. The van der Waals surface area contributed by atoms with Gasteiger partial charge in [0.25, 0.3) is 0 Å². The molecule has 2 amide bonds. The van der Waals surface area contributed by atoms with Crippen molar-refractivity contribution in [2.24, 2.45) is 11.8 Å². The molecule has 0 saturated carbocycles. The predicted molar refractivity (Wildman–Crippen MR) is 168 cm³/mol. The first kappa shape index (κ1) is 29.0. The van der Waals surface area contributed by atoms with E-state index in [0.717, 1.165) is 9.37 Å². The van der Waals surface area contributed by atoms with Crippen molar-refractivity contribution in [2.45, 2.75) is 22.2 Å². The molecule has 4 aromatic rings. The summed E-state index contributed by atoms with van der Waals surface area (Å²) >= 11 is 18.4. The van der Waals surface area contributed by atoms with E-state index in [1.54, 1.807) is 48.5 Å². The lowest BCUT2D eigenvalue weighted by molar-refractivity contribution is -0.158. The monoisotopic (exact) mass is 687 g/mol. The van der Waals surface area contributed by atoms with Crippen molar-refractivity contribution in [3.05, 3.63) is 141 Å². The minimum atomic E-state index is -1.38. The van der Waals surface area contributed by atoms with Gasteiger partial charge in [0, 0.05) is 16.5 Å². The molecule has 0 N–H and O–H groups in total. The van der Waals surface area contributed by atoms with Crippen LogP contribution < -0.4 is 0 Å². The Hall–Kier alpha value is -3.78. The van der Waals surface area contributed by atoms with Crippen molar-refractivity contribution in [2.75, 3.05) is 6.61 Å². The van der Waals surface area contributed by atoms with Gasteiger partial charge in [-0.15, -0.1) is 23.2 Å². The normalized spacial score (nSPS) is 25.2. The summed E-state index contributed by atoms with van der Waals surface area (Å²) in [6.45, 7) is -0.551. The van der Waals surface area contributed by atoms with Crippen LogP contribution in [0.25, 0.3) is 0 Å². The molecule has 6 nitrogen and oxygen atoms in total. The molecule has 1 fully saturated rings. The van der Waals surface area contributed by atoms with Crippen molar-refractivity contribution in [3.8, 4) is 0 Å². The molecule has 3 aliphatic carbocycles. The van der Waals surface area contributed by atoms with Gasteiger partial charge >= 0.3 is 5.97 Å². The second-order valence-corrected chi connectivity index (χ2v) is 13.4. The average Bonchev–Trinajstić information content (AvgIpc) is 3.32. The Kier molecular flexibility index (Phi) is 7.03. The molecule has 2 bridgehead atoms. The van der Waals surface area contributed by atoms with Gasteiger partial charge in [0.15, 0.2) is 12.4 Å². The lowest BCUT2D eigenvalue weighted by Gasteiger charge is -2.54. The summed E-state index contributed by atoms with van der Waals surface area (Å²) < 4.78 is 6.32. The van der Waals surface area contributed by atoms with Gasteiger partial charge in [-0.25, -0.2) is 4.79 Å². The first-order valence-electron chi connectivity index (χ1n) is 14.1. The van der Waals surface area contributed by atoms with E-state index in [0.29, 0.717) is 33.4 Å². The largest absolute Gasteiger partial charge is 0.456 e. The minimum absolute atomic E-state index is 0.00641. The highest BCUT2D eigenvalue weighted by Gasteiger charge is 2.73. The number of Topliss-reactive ketones (excluding diaryl/α,β-unsaturated/α-hetero) is 1. The molecule has 220 valence electrons. The number of nitrogens with zero attached hydrogens (tertiary/aromatic N) is 1. The number of amides is 2. The lowest BCUT2D eigenvalue weighted by atomic mass is 9.54. The van der Waals surface area contributed by atoms with Crippen molar-refractivity contribution in [1.82, 2.24) is 4.90 Å². The number of ketones is 1. The Labute approximate surface area is 272 Å². The molecule has 3 atom stereocenters. The first-order chi connectivity index (χ1) is 21.2. The molecule has 9 heteroatoms. The molecule has 0 spiro atoms. The number of hydrogen-bond acceptors (Lipinski definition) is 5. The van der Waals surface area contributed by atoms with Gasteiger partial charge in [0.2, 0.25) is 11.8 Å². The second kappa shape index (κ2) is 10.7. The number of halogens is 3. The van der Waals surface area contributed by atoms with Crippen LogP contribution in [0.1, 0.15) is 38.2 Å². The third-order valence-electron chi connectivity index (χ3n) is 8.99. The van der Waals surface area contributed by atoms with Crippen molar-refractivity contribution in [1.29, 1.82) is 0 Å². The van der Waals surface area contributed by atoms with Crippen LogP contribution in [0, 0.1) is 11.8 Å². The fourth-order valence-electron chi connectivity index (χ4n) is 7.07. The van der Waals surface area contributed by atoms with E-state index in [1.807, 2.05) is 54.6 Å². The molecule has 8 rings (SSSR count). The number of alkyl halides is 2. The summed E-state index contributed by atoms with van der Waals surface area (Å²) in [5.74, 6) is -4.60. The van der Waals surface area contributed by atoms with Crippen molar-refractivity contribution < 1.29 is 23.9 Å². The van der Waals surface area contributed by atoms with Crippen LogP contribution in [0.4, 0.5) is 0 Å². The number of carbonyl (C=O) groups is 4. The van der Waals surface area contributed by atoms with Crippen LogP contribution in [0.2, 0.25) is 0 Å². The Morgan fingerprint density at radius 1 is 0.727 bits per heavy atom. The van der Waals surface area contributed by atoms with Crippen molar-refractivity contribution in [3.63, 3.8) is 0 Å². The highest BCUT2D eigenvalue weighted by atomic mass is 79.9. The lowest BCUT2D eigenvalue weighted by Crippen LogP contribution is -2.57. The number of benzene rings is 4. The fraction of sp³-hybridized carbons (Fsp3) is 0.200. The second-order valence-electron chi connectivity index (χ2n) is 11.3. The topological polar surface area (TPSA) is 80.8 Å². The Balaban J connectivity index is 1.28. The third-order valence-corrected chi connectivity index (χ3v) is 10.8. The molecule has 44 heavy (non-hydrogen) atoms.